The molecule has 0 atom stereocenters. The monoisotopic (exact) mass is 271 g/mol. The van der Waals surface area contributed by atoms with Crippen molar-refractivity contribution >= 4 is 11.7 Å². The second-order valence-electron chi connectivity index (χ2n) is 4.77. The van der Waals surface area contributed by atoms with E-state index in [0.717, 1.165) is 6.07 Å². The lowest BCUT2D eigenvalue weighted by atomic mass is 9.94. The van der Waals surface area contributed by atoms with Crippen molar-refractivity contribution in [2.24, 2.45) is 0 Å². The molecular formula is C13H15F2NO3. The van der Waals surface area contributed by atoms with Gasteiger partial charge in [0.2, 0.25) is 0 Å². The Labute approximate surface area is 109 Å². The van der Waals surface area contributed by atoms with Gasteiger partial charge in [-0.2, -0.15) is 0 Å². The Morgan fingerprint density at radius 3 is 2.47 bits per heavy atom. The largest absolute Gasteiger partial charge is 0.478 e. The summed E-state index contributed by atoms with van der Waals surface area (Å²) in [6.07, 6.45) is 0.257. The van der Waals surface area contributed by atoms with Crippen LogP contribution in [0, 0.1) is 5.82 Å². The topological polar surface area (TPSA) is 60.8 Å². The molecule has 0 saturated carbocycles. The average molecular weight is 271 g/mol. The van der Waals surface area contributed by atoms with Crippen LogP contribution in [0.4, 0.5) is 14.5 Å². The molecule has 0 bridgehead atoms. The first-order chi connectivity index (χ1) is 8.95. The Kier molecular flexibility index (Phi) is 3.71. The maximum Gasteiger partial charge on any atom is 0.335 e. The fraction of sp³-hybridized carbons (Fsp3) is 0.462. The van der Waals surface area contributed by atoms with Gasteiger partial charge in [0, 0.05) is 25.9 Å². The second kappa shape index (κ2) is 5.13. The van der Waals surface area contributed by atoms with Gasteiger partial charge in [-0.15, -0.1) is 0 Å². The van der Waals surface area contributed by atoms with E-state index in [2.05, 4.69) is 0 Å². The summed E-state index contributed by atoms with van der Waals surface area (Å²) < 4.78 is 27.6. The van der Waals surface area contributed by atoms with E-state index in [4.69, 9.17) is 10.2 Å². The number of aliphatic hydroxyl groups excluding tert-OH is 1. The van der Waals surface area contributed by atoms with Crippen molar-refractivity contribution in [3.63, 3.8) is 0 Å². The first kappa shape index (κ1) is 13.7. The molecule has 0 aromatic heterocycles. The summed E-state index contributed by atoms with van der Waals surface area (Å²) in [4.78, 5) is 12.4. The summed E-state index contributed by atoms with van der Waals surface area (Å²) in [5.74, 6) is -1.82. The number of benzene rings is 1. The third kappa shape index (κ3) is 2.84. The van der Waals surface area contributed by atoms with Crippen LogP contribution in [0.2, 0.25) is 0 Å². The molecule has 1 saturated heterocycles. The molecule has 0 spiro atoms. The van der Waals surface area contributed by atoms with Crippen molar-refractivity contribution in [1.29, 1.82) is 0 Å². The number of carbonyl (C=O) groups is 1. The highest BCUT2D eigenvalue weighted by Crippen LogP contribution is 2.30. The minimum Gasteiger partial charge on any atom is -0.478 e. The molecule has 1 aliphatic heterocycles. The van der Waals surface area contributed by atoms with E-state index in [-0.39, 0.29) is 24.1 Å². The van der Waals surface area contributed by atoms with E-state index >= 15 is 0 Å². The molecule has 1 aromatic rings. The normalized spacial score (nSPS) is 18.4. The van der Waals surface area contributed by atoms with Gasteiger partial charge in [-0.1, -0.05) is 0 Å². The van der Waals surface area contributed by atoms with Crippen molar-refractivity contribution in [2.45, 2.75) is 18.5 Å². The van der Waals surface area contributed by atoms with Crippen LogP contribution in [0.5, 0.6) is 0 Å². The molecule has 0 radical (unpaired) electrons. The number of anilines is 1. The highest BCUT2D eigenvalue weighted by Gasteiger charge is 2.34. The lowest BCUT2D eigenvalue weighted by molar-refractivity contribution is 0.0480. The van der Waals surface area contributed by atoms with E-state index < -0.39 is 24.1 Å². The summed E-state index contributed by atoms with van der Waals surface area (Å²) in [5.41, 5.74) is -1.44. The molecule has 0 aliphatic carbocycles. The van der Waals surface area contributed by atoms with Gasteiger partial charge in [-0.25, -0.2) is 13.6 Å². The van der Waals surface area contributed by atoms with Crippen molar-refractivity contribution in [1.82, 2.24) is 0 Å². The maximum atomic E-state index is 13.8. The Morgan fingerprint density at radius 1 is 1.37 bits per heavy atom. The van der Waals surface area contributed by atoms with Crippen LogP contribution >= 0.6 is 0 Å². The highest BCUT2D eigenvalue weighted by atomic mass is 19.1. The quantitative estimate of drug-likeness (QED) is 0.880. The molecule has 4 nitrogen and oxygen atoms in total. The van der Waals surface area contributed by atoms with Crippen LogP contribution in [0.15, 0.2) is 18.2 Å². The van der Waals surface area contributed by atoms with Gasteiger partial charge in [0.25, 0.3) is 0 Å². The van der Waals surface area contributed by atoms with Crippen LogP contribution in [-0.2, 0) is 0 Å². The van der Waals surface area contributed by atoms with Crippen molar-refractivity contribution in [3.05, 3.63) is 29.6 Å². The number of rotatable bonds is 3. The van der Waals surface area contributed by atoms with Gasteiger partial charge < -0.3 is 15.1 Å². The van der Waals surface area contributed by atoms with Gasteiger partial charge in [0.05, 0.1) is 17.9 Å². The van der Waals surface area contributed by atoms with E-state index in [1.165, 1.54) is 12.1 Å². The van der Waals surface area contributed by atoms with Gasteiger partial charge in [-0.05, 0) is 18.2 Å². The van der Waals surface area contributed by atoms with Gasteiger partial charge in [-0.3, -0.25) is 0 Å². The molecule has 1 aromatic carbocycles. The van der Waals surface area contributed by atoms with Crippen LogP contribution < -0.4 is 4.90 Å². The van der Waals surface area contributed by atoms with Crippen LogP contribution in [0.25, 0.3) is 0 Å². The lowest BCUT2D eigenvalue weighted by Crippen LogP contribution is -2.44. The number of alkyl halides is 1. The fourth-order valence-electron chi connectivity index (χ4n) is 2.20. The Balaban J connectivity index is 2.14. The SMILES string of the molecule is O=C(O)c1ccc(N2CCC(F)(CO)CC2)c(F)c1. The second-order valence-corrected chi connectivity index (χ2v) is 4.77. The fourth-order valence-corrected chi connectivity index (χ4v) is 2.20. The highest BCUT2D eigenvalue weighted by molar-refractivity contribution is 5.88. The molecule has 104 valence electrons. The average Bonchev–Trinajstić information content (AvgIpc) is 2.40. The summed E-state index contributed by atoms with van der Waals surface area (Å²) in [6.45, 7) is 0.0576. The summed E-state index contributed by atoms with van der Waals surface area (Å²) in [6, 6.07) is 3.67. The maximum absolute atomic E-state index is 13.8. The van der Waals surface area contributed by atoms with E-state index in [9.17, 15) is 13.6 Å². The first-order valence-corrected chi connectivity index (χ1v) is 6.03. The molecule has 19 heavy (non-hydrogen) atoms. The number of hydrogen-bond acceptors (Lipinski definition) is 3. The smallest absolute Gasteiger partial charge is 0.335 e. The lowest BCUT2D eigenvalue weighted by Gasteiger charge is -2.36. The zero-order valence-electron chi connectivity index (χ0n) is 10.3. The molecule has 1 fully saturated rings. The van der Waals surface area contributed by atoms with Gasteiger partial charge >= 0.3 is 5.97 Å². The molecule has 1 aliphatic rings. The van der Waals surface area contributed by atoms with Gasteiger partial charge in [0.1, 0.15) is 11.5 Å². The first-order valence-electron chi connectivity index (χ1n) is 6.03. The van der Waals surface area contributed by atoms with E-state index in [1.807, 2.05) is 0 Å². The number of aliphatic hydroxyl groups is 1. The molecule has 2 N–H and O–H groups in total. The Bertz CT molecular complexity index is 485. The number of halogens is 2. The van der Waals surface area contributed by atoms with Crippen molar-refractivity contribution in [2.75, 3.05) is 24.6 Å². The number of carboxylic acid groups (broad SMARTS) is 1. The molecular weight excluding hydrogens is 256 g/mol. The summed E-state index contributed by atoms with van der Waals surface area (Å²) in [5, 5.41) is 17.7. The van der Waals surface area contributed by atoms with Gasteiger partial charge in [0.15, 0.2) is 0 Å². The third-order valence-corrected chi connectivity index (χ3v) is 3.48. The predicted octanol–water partition coefficient (Wildman–Crippen LogP) is 1.82. The molecule has 6 heteroatoms. The summed E-state index contributed by atoms with van der Waals surface area (Å²) >= 11 is 0. The molecule has 1 heterocycles. The van der Waals surface area contributed by atoms with Crippen molar-refractivity contribution < 1.29 is 23.8 Å². The van der Waals surface area contributed by atoms with Crippen LogP contribution in [0.1, 0.15) is 23.2 Å². The number of aromatic carboxylic acids is 1. The molecule has 0 amide bonds. The van der Waals surface area contributed by atoms with Crippen LogP contribution in [-0.4, -0.2) is 41.5 Å². The molecule has 2 rings (SSSR count). The predicted molar refractivity (Wildman–Crippen MR) is 65.7 cm³/mol. The molecule has 0 unspecified atom stereocenters. The minimum absolute atomic E-state index is 0.117. The standard InChI is InChI=1S/C13H15F2NO3/c14-10-7-9(12(18)19)1-2-11(10)16-5-3-13(15,8-17)4-6-16/h1-2,7,17H,3-6,8H2,(H,18,19). The minimum atomic E-state index is -1.59. The van der Waals surface area contributed by atoms with Crippen LogP contribution in [0.3, 0.4) is 0 Å². The zero-order valence-corrected chi connectivity index (χ0v) is 10.3. The zero-order chi connectivity index (χ0) is 14.0. The Morgan fingerprint density at radius 2 is 2.00 bits per heavy atom. The number of carboxylic acids is 1. The Hall–Kier alpha value is -1.69. The van der Waals surface area contributed by atoms with E-state index in [0.29, 0.717) is 13.1 Å². The summed E-state index contributed by atoms with van der Waals surface area (Å²) in [7, 11) is 0. The number of nitrogens with zero attached hydrogens (tertiary/aromatic N) is 1. The number of hydrogen-bond donors (Lipinski definition) is 2. The van der Waals surface area contributed by atoms with Crippen molar-refractivity contribution in [3.8, 4) is 0 Å². The van der Waals surface area contributed by atoms with E-state index in [1.54, 1.807) is 4.90 Å². The number of piperidine rings is 1. The third-order valence-electron chi connectivity index (χ3n) is 3.48.